The summed E-state index contributed by atoms with van der Waals surface area (Å²) in [6.45, 7) is 8.21. The van der Waals surface area contributed by atoms with Crippen molar-refractivity contribution in [3.63, 3.8) is 0 Å². The van der Waals surface area contributed by atoms with Gasteiger partial charge in [-0.2, -0.15) is 0 Å². The molecular weight excluding hydrogens is 272 g/mol. The number of rotatable bonds is 5. The van der Waals surface area contributed by atoms with Crippen molar-refractivity contribution in [2.75, 3.05) is 20.7 Å². The lowest BCUT2D eigenvalue weighted by Crippen LogP contribution is -2.45. The lowest BCUT2D eigenvalue weighted by Gasteiger charge is -2.22. The molecule has 1 N–H and O–H groups in total. The average molecular weight is 296 g/mol. The van der Waals surface area contributed by atoms with Gasteiger partial charge in [0, 0.05) is 5.54 Å². The number of carbonyl (C=O) groups excluding carboxylic acids is 2. The van der Waals surface area contributed by atoms with Gasteiger partial charge in [-0.05, 0) is 40.8 Å². The summed E-state index contributed by atoms with van der Waals surface area (Å²) in [6, 6.07) is 1.65. The average Bonchev–Trinajstić information content (AvgIpc) is 2.66. The number of nitrogens with one attached hydrogen (secondary N) is 1. The number of nitrogens with zero attached hydrogens (tertiary/aromatic N) is 1. The smallest absolute Gasteiger partial charge is 0.341 e. The van der Waals surface area contributed by atoms with E-state index in [9.17, 15) is 9.59 Å². The molecule has 118 valence electrons. The number of aryl methyl sites for hydroxylation is 1. The molecule has 0 fully saturated rings. The molecule has 0 radical (unpaired) electrons. The maximum atomic E-state index is 11.8. The summed E-state index contributed by atoms with van der Waals surface area (Å²) in [5.74, 6) is 0.667. The standard InChI is InChI=1S/C15H24N2O4/c1-10-12(14(19)20-6)7-11(21-10)8-17(5)9-13(18)16-15(2,3)4/h7H,8-9H2,1-6H3,(H,16,18). The molecule has 1 rings (SSSR count). The highest BCUT2D eigenvalue weighted by Gasteiger charge is 2.18. The Balaban J connectivity index is 2.61. The molecule has 0 aliphatic rings. The molecule has 0 bridgehead atoms. The molecule has 0 unspecified atom stereocenters. The molecule has 1 aromatic heterocycles. The zero-order valence-corrected chi connectivity index (χ0v) is 13.6. The van der Waals surface area contributed by atoms with Crippen LogP contribution in [-0.4, -0.2) is 43.0 Å². The van der Waals surface area contributed by atoms with Crippen molar-refractivity contribution < 1.29 is 18.7 Å². The van der Waals surface area contributed by atoms with Crippen LogP contribution in [0.1, 0.15) is 42.6 Å². The highest BCUT2D eigenvalue weighted by atomic mass is 16.5. The number of amides is 1. The van der Waals surface area contributed by atoms with E-state index >= 15 is 0 Å². The Hall–Kier alpha value is -1.82. The molecule has 21 heavy (non-hydrogen) atoms. The second kappa shape index (κ2) is 6.76. The molecule has 6 nitrogen and oxygen atoms in total. The van der Waals surface area contributed by atoms with Gasteiger partial charge in [0.15, 0.2) is 0 Å². The van der Waals surface area contributed by atoms with E-state index in [0.29, 0.717) is 23.6 Å². The number of methoxy groups -OCH3 is 1. The van der Waals surface area contributed by atoms with E-state index < -0.39 is 5.97 Å². The SMILES string of the molecule is COC(=O)c1cc(CN(C)CC(=O)NC(C)(C)C)oc1C. The van der Waals surface area contributed by atoms with Crippen LogP contribution in [-0.2, 0) is 16.1 Å². The van der Waals surface area contributed by atoms with Crippen molar-refractivity contribution in [3.05, 3.63) is 23.2 Å². The minimum atomic E-state index is -0.421. The predicted molar refractivity (Wildman–Crippen MR) is 79.0 cm³/mol. The Morgan fingerprint density at radius 2 is 2.00 bits per heavy atom. The van der Waals surface area contributed by atoms with E-state index in [1.807, 2.05) is 32.7 Å². The molecule has 0 saturated carbocycles. The van der Waals surface area contributed by atoms with Gasteiger partial charge in [0.2, 0.25) is 5.91 Å². The van der Waals surface area contributed by atoms with Gasteiger partial charge in [-0.3, -0.25) is 9.69 Å². The third-order valence-electron chi connectivity index (χ3n) is 2.73. The minimum absolute atomic E-state index is 0.0542. The maximum absolute atomic E-state index is 11.8. The summed E-state index contributed by atoms with van der Waals surface area (Å²) in [4.78, 5) is 25.2. The zero-order valence-electron chi connectivity index (χ0n) is 13.6. The second-order valence-corrected chi connectivity index (χ2v) is 6.14. The van der Waals surface area contributed by atoms with E-state index in [1.165, 1.54) is 7.11 Å². The van der Waals surface area contributed by atoms with Crippen LogP contribution >= 0.6 is 0 Å². The highest BCUT2D eigenvalue weighted by molar-refractivity contribution is 5.90. The van der Waals surface area contributed by atoms with E-state index in [2.05, 4.69) is 10.1 Å². The summed E-state index contributed by atoms with van der Waals surface area (Å²) < 4.78 is 10.2. The van der Waals surface area contributed by atoms with E-state index in [-0.39, 0.29) is 18.0 Å². The van der Waals surface area contributed by atoms with Crippen LogP contribution in [0.4, 0.5) is 0 Å². The molecule has 0 aliphatic heterocycles. The third kappa shape index (κ3) is 5.59. The van der Waals surface area contributed by atoms with Gasteiger partial charge in [-0.1, -0.05) is 0 Å². The molecule has 0 saturated heterocycles. The number of esters is 1. The summed E-state index contributed by atoms with van der Waals surface area (Å²) in [7, 11) is 3.15. The third-order valence-corrected chi connectivity index (χ3v) is 2.73. The molecule has 0 spiro atoms. The first-order valence-electron chi connectivity index (χ1n) is 6.79. The van der Waals surface area contributed by atoms with Gasteiger partial charge in [0.05, 0.1) is 20.2 Å². The fourth-order valence-corrected chi connectivity index (χ4v) is 1.96. The van der Waals surface area contributed by atoms with Gasteiger partial charge in [0.1, 0.15) is 17.1 Å². The fourth-order valence-electron chi connectivity index (χ4n) is 1.96. The lowest BCUT2D eigenvalue weighted by atomic mass is 10.1. The normalized spacial score (nSPS) is 11.6. The van der Waals surface area contributed by atoms with Crippen molar-refractivity contribution >= 4 is 11.9 Å². The molecule has 0 aromatic carbocycles. The number of hydrogen-bond donors (Lipinski definition) is 1. The van der Waals surface area contributed by atoms with Crippen LogP contribution < -0.4 is 5.32 Å². The lowest BCUT2D eigenvalue weighted by molar-refractivity contribution is -0.123. The molecule has 0 aliphatic carbocycles. The summed E-state index contributed by atoms with van der Waals surface area (Å²) in [6.07, 6.45) is 0. The Morgan fingerprint density at radius 1 is 1.38 bits per heavy atom. The molecular formula is C15H24N2O4. The van der Waals surface area contributed by atoms with Crippen LogP contribution in [0.5, 0.6) is 0 Å². The Kier molecular flexibility index (Phi) is 5.54. The molecule has 1 aromatic rings. The summed E-state index contributed by atoms with van der Waals surface area (Å²) in [5, 5.41) is 2.89. The molecule has 1 amide bonds. The predicted octanol–water partition coefficient (Wildman–Crippen LogP) is 1.72. The number of furan rings is 1. The monoisotopic (exact) mass is 296 g/mol. The Labute approximate surface area is 125 Å². The molecule has 6 heteroatoms. The fraction of sp³-hybridized carbons (Fsp3) is 0.600. The van der Waals surface area contributed by atoms with Crippen LogP contribution in [0.25, 0.3) is 0 Å². The quantitative estimate of drug-likeness (QED) is 0.838. The van der Waals surface area contributed by atoms with Crippen molar-refractivity contribution in [2.24, 2.45) is 0 Å². The van der Waals surface area contributed by atoms with Crippen LogP contribution in [0.3, 0.4) is 0 Å². The molecule has 0 atom stereocenters. The van der Waals surface area contributed by atoms with Crippen LogP contribution in [0.15, 0.2) is 10.5 Å². The van der Waals surface area contributed by atoms with Gasteiger partial charge in [-0.25, -0.2) is 4.79 Å². The first-order valence-corrected chi connectivity index (χ1v) is 6.79. The summed E-state index contributed by atoms with van der Waals surface area (Å²) in [5.41, 5.74) is 0.164. The topological polar surface area (TPSA) is 71.8 Å². The zero-order chi connectivity index (χ0) is 16.2. The van der Waals surface area contributed by atoms with Crippen LogP contribution in [0, 0.1) is 6.92 Å². The molecule has 1 heterocycles. The van der Waals surface area contributed by atoms with Crippen molar-refractivity contribution in [1.82, 2.24) is 10.2 Å². The number of ether oxygens (including phenoxy) is 1. The van der Waals surface area contributed by atoms with Gasteiger partial charge >= 0.3 is 5.97 Å². The maximum Gasteiger partial charge on any atom is 0.341 e. The van der Waals surface area contributed by atoms with E-state index in [4.69, 9.17) is 4.42 Å². The Morgan fingerprint density at radius 3 is 2.52 bits per heavy atom. The van der Waals surface area contributed by atoms with Gasteiger partial charge in [-0.15, -0.1) is 0 Å². The second-order valence-electron chi connectivity index (χ2n) is 6.14. The van der Waals surface area contributed by atoms with E-state index in [0.717, 1.165) is 0 Å². The van der Waals surface area contributed by atoms with E-state index in [1.54, 1.807) is 13.0 Å². The summed E-state index contributed by atoms with van der Waals surface area (Å²) >= 11 is 0. The number of hydrogen-bond acceptors (Lipinski definition) is 5. The highest BCUT2D eigenvalue weighted by Crippen LogP contribution is 2.16. The Bertz CT molecular complexity index is 514. The minimum Gasteiger partial charge on any atom is -0.465 e. The number of carbonyl (C=O) groups is 2. The van der Waals surface area contributed by atoms with Gasteiger partial charge in [0.25, 0.3) is 0 Å². The van der Waals surface area contributed by atoms with Crippen LogP contribution in [0.2, 0.25) is 0 Å². The largest absolute Gasteiger partial charge is 0.465 e. The number of likely N-dealkylation sites (N-methyl/N-ethyl adjacent to an activating group) is 1. The first kappa shape index (κ1) is 17.2. The van der Waals surface area contributed by atoms with Crippen molar-refractivity contribution in [1.29, 1.82) is 0 Å². The van der Waals surface area contributed by atoms with Crippen molar-refractivity contribution in [3.8, 4) is 0 Å². The first-order chi connectivity index (χ1) is 9.62. The van der Waals surface area contributed by atoms with Crippen molar-refractivity contribution in [2.45, 2.75) is 39.8 Å². The van der Waals surface area contributed by atoms with Gasteiger partial charge < -0.3 is 14.5 Å².